The molecule has 1 aliphatic rings. The van der Waals surface area contributed by atoms with E-state index in [0.717, 1.165) is 21.5 Å². The van der Waals surface area contributed by atoms with Crippen molar-refractivity contribution >= 4 is 74.7 Å². The molecule has 1 heterocycles. The van der Waals surface area contributed by atoms with Gasteiger partial charge in [-0.3, -0.25) is 14.4 Å². The van der Waals surface area contributed by atoms with E-state index in [9.17, 15) is 38.4 Å². The highest BCUT2D eigenvalue weighted by atomic mass is 16.4. The fourth-order valence-electron chi connectivity index (χ4n) is 3.92. The summed E-state index contributed by atoms with van der Waals surface area (Å²) in [6.45, 7) is 13.7. The number of rotatable bonds is 13. The molecule has 229 valence electrons. The standard InChI is InChI=1S/C12H17B2O4.C11H16B2O6.4CH4/c1-6(2)13-9(16)12(8(5)15)10(17)14(7(3)4)11(12)18;1-5(2)12-7(14)11(9(16)17,10(18)19)8(15)13-6(3)4;;;;/h6-7H,1-5H3;5-6H,1-4H3,(H,16,17)(H,18,19);4*1H4. The Morgan fingerprint density at radius 2 is 0.951 bits per heavy atom. The minimum atomic E-state index is -3.07. The summed E-state index contributed by atoms with van der Waals surface area (Å²) in [5.74, 6) is -5.60. The molecule has 3 radical (unpaired) electrons. The molecule has 14 heteroatoms. The summed E-state index contributed by atoms with van der Waals surface area (Å²) >= 11 is 0. The number of carboxylic acid groups (broad SMARTS) is 2. The van der Waals surface area contributed by atoms with Gasteiger partial charge in [-0.25, -0.2) is 0 Å². The van der Waals surface area contributed by atoms with Gasteiger partial charge in [0.2, 0.25) is 21.8 Å². The summed E-state index contributed by atoms with van der Waals surface area (Å²) < 4.78 is 0. The lowest BCUT2D eigenvalue weighted by atomic mass is 9.18. The average Bonchev–Trinajstić information content (AvgIpc) is 2.66. The van der Waals surface area contributed by atoms with Crippen molar-refractivity contribution in [3.05, 3.63) is 0 Å². The topological polar surface area (TPSA) is 177 Å². The molecule has 2 N–H and O–H groups in total. The van der Waals surface area contributed by atoms with Crippen molar-refractivity contribution in [1.82, 2.24) is 0 Å². The van der Waals surface area contributed by atoms with Crippen LogP contribution in [0.1, 0.15) is 92.0 Å². The van der Waals surface area contributed by atoms with Crippen LogP contribution >= 0.6 is 0 Å². The second kappa shape index (κ2) is 18.6. The van der Waals surface area contributed by atoms with Gasteiger partial charge in [0.05, 0.1) is 0 Å². The molecule has 1 fully saturated rings. The van der Waals surface area contributed by atoms with E-state index in [0.29, 0.717) is 0 Å². The minimum Gasteiger partial charge on any atom is -0.480 e. The first-order chi connectivity index (χ1) is 16.7. The molecule has 1 rings (SSSR count). The predicted octanol–water partition coefficient (Wildman–Crippen LogP) is 3.56. The third-order valence-corrected chi connectivity index (χ3v) is 5.70. The smallest absolute Gasteiger partial charge is 0.334 e. The Morgan fingerprint density at radius 1 is 0.659 bits per heavy atom. The van der Waals surface area contributed by atoms with Gasteiger partial charge in [0.25, 0.3) is 5.41 Å². The molecule has 10 nitrogen and oxygen atoms in total. The Balaban J connectivity index is -0.000000192. The van der Waals surface area contributed by atoms with Gasteiger partial charge in [0, 0.05) is 0 Å². The third-order valence-electron chi connectivity index (χ3n) is 5.70. The summed E-state index contributed by atoms with van der Waals surface area (Å²) in [5.41, 5.74) is -9.26. The van der Waals surface area contributed by atoms with Crippen molar-refractivity contribution in [2.75, 3.05) is 0 Å². The van der Waals surface area contributed by atoms with Crippen molar-refractivity contribution in [1.29, 1.82) is 0 Å². The van der Waals surface area contributed by atoms with Crippen molar-refractivity contribution in [2.45, 2.75) is 115 Å². The maximum atomic E-state index is 12.1. The van der Waals surface area contributed by atoms with E-state index in [-0.39, 0.29) is 53.0 Å². The lowest BCUT2D eigenvalue weighted by Crippen LogP contribution is -2.73. The van der Waals surface area contributed by atoms with Gasteiger partial charge in [-0.15, -0.1) is 0 Å². The van der Waals surface area contributed by atoms with Crippen LogP contribution in [0.2, 0.25) is 23.3 Å². The lowest BCUT2D eigenvalue weighted by Gasteiger charge is -2.41. The molecule has 0 aromatic heterocycles. The van der Waals surface area contributed by atoms with Gasteiger partial charge in [0.15, 0.2) is 11.2 Å². The van der Waals surface area contributed by atoms with Gasteiger partial charge in [-0.2, -0.15) is 0 Å². The highest BCUT2D eigenvalue weighted by Crippen LogP contribution is 2.39. The Hall–Kier alpha value is -2.78. The van der Waals surface area contributed by atoms with Gasteiger partial charge >= 0.3 is 18.7 Å². The maximum absolute atomic E-state index is 12.1. The van der Waals surface area contributed by atoms with Crippen molar-refractivity contribution < 1.29 is 48.6 Å². The molecule has 0 bridgehead atoms. The first kappa shape index (κ1) is 48.0. The van der Waals surface area contributed by atoms with E-state index in [4.69, 9.17) is 10.2 Å². The van der Waals surface area contributed by atoms with Crippen molar-refractivity contribution in [3.63, 3.8) is 0 Å². The van der Waals surface area contributed by atoms with Crippen molar-refractivity contribution in [3.8, 4) is 0 Å². The van der Waals surface area contributed by atoms with E-state index in [1.165, 1.54) is 7.28 Å². The molecule has 41 heavy (non-hydrogen) atoms. The molecule has 0 atom stereocenters. The summed E-state index contributed by atoms with van der Waals surface area (Å²) in [4.78, 5) is 94.3. The van der Waals surface area contributed by atoms with Gasteiger partial charge in [-0.1, -0.05) is 108 Å². The Morgan fingerprint density at radius 3 is 1.15 bits per heavy atom. The quantitative estimate of drug-likeness (QED) is 0.243. The minimum absolute atomic E-state index is 0. The van der Waals surface area contributed by atoms with Crippen LogP contribution in [0.3, 0.4) is 0 Å². The van der Waals surface area contributed by atoms with Crippen LogP contribution in [0.15, 0.2) is 0 Å². The molecular formula is C27H49B4O10. The average molecular weight is 577 g/mol. The molecule has 1 aliphatic heterocycles. The van der Waals surface area contributed by atoms with Gasteiger partial charge in [0.1, 0.15) is 28.4 Å². The zero-order valence-corrected chi connectivity index (χ0v) is 22.8. The number of Topliss-reactive ketones (excluding diaryl/α,β-unsaturated/α-hetero) is 1. The number of carbonyl (C=O) groups excluding carboxylic acids is 6. The summed E-state index contributed by atoms with van der Waals surface area (Å²) in [7, 11) is 3.16. The van der Waals surface area contributed by atoms with Crippen LogP contribution in [0, 0.1) is 10.8 Å². The molecular weight excluding hydrogens is 528 g/mol. The van der Waals surface area contributed by atoms with E-state index < -0.39 is 63.7 Å². The molecule has 0 saturated carbocycles. The monoisotopic (exact) mass is 577 g/mol. The van der Waals surface area contributed by atoms with Crippen LogP contribution in [0.4, 0.5) is 0 Å². The summed E-state index contributed by atoms with van der Waals surface area (Å²) in [5, 5.41) is 18.2. The fourth-order valence-corrected chi connectivity index (χ4v) is 3.92. The van der Waals surface area contributed by atoms with E-state index in [1.54, 1.807) is 55.4 Å². The van der Waals surface area contributed by atoms with Crippen molar-refractivity contribution in [2.24, 2.45) is 10.8 Å². The first-order valence-corrected chi connectivity index (χ1v) is 12.0. The molecule has 1 saturated heterocycles. The number of aliphatic carboxylic acids is 2. The zero-order valence-electron chi connectivity index (χ0n) is 22.8. The SMILES string of the molecule is C.C.C.C.CC(=O)C1(C(=O)[B]C(C)C)C(=O)B(C(C)C)C1=O.CC(C)[B]C(=O)C(C(=O)O)(C(=O)O)C(=O)[B]C(C)C. The Bertz CT molecular complexity index is 919. The molecule has 0 aliphatic carbocycles. The second-order valence-corrected chi connectivity index (χ2v) is 10.4. The number of hydrogen-bond donors (Lipinski definition) is 2. The largest absolute Gasteiger partial charge is 0.480 e. The summed E-state index contributed by atoms with van der Waals surface area (Å²) in [6, 6.07) is 0. The van der Waals surface area contributed by atoms with Gasteiger partial charge < -0.3 is 34.2 Å². The normalized spacial score (nSPS) is 13.1. The third kappa shape index (κ3) is 9.64. The fraction of sp³-hybridized carbons (Fsp3) is 0.704. The van der Waals surface area contributed by atoms with E-state index >= 15 is 0 Å². The van der Waals surface area contributed by atoms with Crippen LogP contribution in [-0.2, 0) is 38.4 Å². The van der Waals surface area contributed by atoms with E-state index in [1.807, 2.05) is 0 Å². The van der Waals surface area contributed by atoms with Crippen LogP contribution in [0.25, 0.3) is 0 Å². The first-order valence-electron chi connectivity index (χ1n) is 12.0. The second-order valence-electron chi connectivity index (χ2n) is 10.4. The van der Waals surface area contributed by atoms with Crippen LogP contribution in [0.5, 0.6) is 0 Å². The zero-order chi connectivity index (χ0) is 29.6. The predicted molar refractivity (Wildman–Crippen MR) is 166 cm³/mol. The number of ketones is 1. The Kier molecular flexibility index (Phi) is 21.8. The highest BCUT2D eigenvalue weighted by Gasteiger charge is 2.70. The highest BCUT2D eigenvalue weighted by molar-refractivity contribution is 7.25. The molecule has 0 unspecified atom stereocenters. The van der Waals surface area contributed by atoms with E-state index in [2.05, 4.69) is 0 Å². The molecule has 0 aromatic rings. The van der Waals surface area contributed by atoms with Gasteiger partial charge in [-0.05, 0) is 6.92 Å². The molecule has 0 spiro atoms. The number of carboxylic acids is 2. The Labute approximate surface area is 249 Å². The molecule has 0 aromatic carbocycles. The maximum Gasteiger partial charge on any atom is 0.334 e. The van der Waals surface area contributed by atoms with Crippen LogP contribution in [-0.4, -0.2) is 84.9 Å². The molecule has 0 amide bonds. The number of carbonyl (C=O) groups is 8. The lowest BCUT2D eigenvalue weighted by molar-refractivity contribution is -0.167. The summed E-state index contributed by atoms with van der Waals surface area (Å²) in [6.07, 6.45) is 0. The number of hydrogen-bond acceptors (Lipinski definition) is 8. The van der Waals surface area contributed by atoms with Crippen LogP contribution < -0.4 is 0 Å².